The molecule has 0 radical (unpaired) electrons. The summed E-state index contributed by atoms with van der Waals surface area (Å²) in [6, 6.07) is 8.64. The summed E-state index contributed by atoms with van der Waals surface area (Å²) in [4.78, 5) is 35.9. The number of carbonyl (C=O) groups excluding carboxylic acids is 2. The van der Waals surface area contributed by atoms with E-state index in [2.05, 4.69) is 0 Å². The molecule has 2 aromatic rings. The Labute approximate surface area is 173 Å². The summed E-state index contributed by atoms with van der Waals surface area (Å²) in [5, 5.41) is 11.4. The highest BCUT2D eigenvalue weighted by atomic mass is 16.6. The zero-order valence-corrected chi connectivity index (χ0v) is 17.2. The predicted octanol–water partition coefficient (Wildman–Crippen LogP) is 3.83. The third-order valence-electron chi connectivity index (χ3n) is 4.10. The van der Waals surface area contributed by atoms with Crippen molar-refractivity contribution in [2.75, 3.05) is 20.3 Å². The maximum absolute atomic E-state index is 12.6. The van der Waals surface area contributed by atoms with Crippen LogP contribution in [0.25, 0.3) is 0 Å². The number of hydrogen-bond acceptors (Lipinski definition) is 8. The first-order valence-corrected chi connectivity index (χ1v) is 9.29. The first kappa shape index (κ1) is 22.7. The number of nitrogens with zero attached hydrogens (tertiary/aromatic N) is 1. The van der Waals surface area contributed by atoms with E-state index in [1.54, 1.807) is 31.2 Å². The van der Waals surface area contributed by atoms with Gasteiger partial charge < -0.3 is 18.9 Å². The minimum Gasteiger partial charge on any atom is -0.494 e. The number of rotatable bonds is 10. The number of esters is 1. The molecule has 0 saturated heterocycles. The molecule has 30 heavy (non-hydrogen) atoms. The number of carbonyl (C=O) groups is 2. The maximum atomic E-state index is 12.6. The molecule has 0 N–H and O–H groups in total. The van der Waals surface area contributed by atoms with E-state index in [4.69, 9.17) is 18.9 Å². The van der Waals surface area contributed by atoms with Crippen molar-refractivity contribution in [3.8, 4) is 17.2 Å². The normalized spacial score (nSPS) is 11.3. The monoisotopic (exact) mass is 417 g/mol. The van der Waals surface area contributed by atoms with E-state index in [9.17, 15) is 19.7 Å². The van der Waals surface area contributed by atoms with Crippen LogP contribution >= 0.6 is 0 Å². The quantitative estimate of drug-likeness (QED) is 0.248. The van der Waals surface area contributed by atoms with Crippen LogP contribution in [0.5, 0.6) is 17.2 Å². The fraction of sp³-hybridized carbons (Fsp3) is 0.333. The minimum atomic E-state index is -1.16. The molecule has 0 aliphatic heterocycles. The van der Waals surface area contributed by atoms with Crippen LogP contribution in [0.1, 0.15) is 41.5 Å². The van der Waals surface area contributed by atoms with Crippen LogP contribution in [0.15, 0.2) is 36.4 Å². The zero-order valence-electron chi connectivity index (χ0n) is 17.2. The summed E-state index contributed by atoms with van der Waals surface area (Å²) in [5.74, 6) is -0.598. The molecular weight excluding hydrogens is 394 g/mol. The molecule has 0 saturated carbocycles. The van der Waals surface area contributed by atoms with Gasteiger partial charge in [0.05, 0.1) is 31.3 Å². The van der Waals surface area contributed by atoms with Crippen LogP contribution < -0.4 is 14.2 Å². The van der Waals surface area contributed by atoms with Gasteiger partial charge in [-0.2, -0.15) is 0 Å². The van der Waals surface area contributed by atoms with Gasteiger partial charge in [-0.15, -0.1) is 0 Å². The summed E-state index contributed by atoms with van der Waals surface area (Å²) in [5.41, 5.74) is -0.533. The number of hydrogen-bond donors (Lipinski definition) is 0. The largest absolute Gasteiger partial charge is 0.494 e. The Kier molecular flexibility index (Phi) is 7.74. The highest BCUT2D eigenvalue weighted by molar-refractivity contribution is 6.02. The average Bonchev–Trinajstić information content (AvgIpc) is 2.73. The van der Waals surface area contributed by atoms with E-state index in [1.807, 2.05) is 6.92 Å². The van der Waals surface area contributed by atoms with Crippen molar-refractivity contribution < 1.29 is 33.5 Å². The Morgan fingerprint density at radius 3 is 2.20 bits per heavy atom. The van der Waals surface area contributed by atoms with E-state index in [1.165, 1.54) is 20.1 Å². The summed E-state index contributed by atoms with van der Waals surface area (Å²) in [6.07, 6.45) is -1.16. The second kappa shape index (κ2) is 10.2. The molecule has 9 nitrogen and oxygen atoms in total. The molecule has 0 unspecified atom stereocenters. The van der Waals surface area contributed by atoms with Crippen molar-refractivity contribution in [2.24, 2.45) is 0 Å². The van der Waals surface area contributed by atoms with E-state index in [0.29, 0.717) is 17.9 Å². The fourth-order valence-corrected chi connectivity index (χ4v) is 2.69. The average molecular weight is 417 g/mol. The predicted molar refractivity (Wildman–Crippen MR) is 108 cm³/mol. The summed E-state index contributed by atoms with van der Waals surface area (Å²) >= 11 is 0. The minimum absolute atomic E-state index is 0.127. The third kappa shape index (κ3) is 5.25. The molecule has 9 heteroatoms. The topological polar surface area (TPSA) is 114 Å². The molecule has 0 fully saturated rings. The Morgan fingerprint density at radius 1 is 1.03 bits per heavy atom. The molecule has 160 valence electrons. The van der Waals surface area contributed by atoms with Crippen molar-refractivity contribution in [2.45, 2.75) is 26.9 Å². The lowest BCUT2D eigenvalue weighted by atomic mass is 10.1. The van der Waals surface area contributed by atoms with E-state index < -0.39 is 28.5 Å². The van der Waals surface area contributed by atoms with Crippen LogP contribution in [-0.2, 0) is 4.74 Å². The lowest BCUT2D eigenvalue weighted by Gasteiger charge is -2.14. The lowest BCUT2D eigenvalue weighted by Crippen LogP contribution is -2.25. The first-order chi connectivity index (χ1) is 14.3. The maximum Gasteiger partial charge on any atom is 0.346 e. The van der Waals surface area contributed by atoms with Gasteiger partial charge in [-0.25, -0.2) is 4.79 Å². The molecule has 2 rings (SSSR count). The van der Waals surface area contributed by atoms with Gasteiger partial charge in [0.1, 0.15) is 11.3 Å². The summed E-state index contributed by atoms with van der Waals surface area (Å²) in [6.45, 7) is 5.70. The molecule has 0 aliphatic rings. The Morgan fingerprint density at radius 2 is 1.67 bits per heavy atom. The van der Waals surface area contributed by atoms with Gasteiger partial charge in [0.2, 0.25) is 5.78 Å². The van der Waals surface area contributed by atoms with Crippen LogP contribution in [0.4, 0.5) is 5.69 Å². The SMILES string of the molecule is CCOc1ccc(C(=O)[C@@H](C)OC(=O)c2cc(OC)c(OCC)cc2[N+](=O)[O-])cc1. The highest BCUT2D eigenvalue weighted by Crippen LogP contribution is 2.35. The van der Waals surface area contributed by atoms with Gasteiger partial charge in [0.25, 0.3) is 5.69 Å². The Bertz CT molecular complexity index is 923. The molecule has 0 heterocycles. The van der Waals surface area contributed by atoms with Crippen LogP contribution in [0, 0.1) is 10.1 Å². The first-order valence-electron chi connectivity index (χ1n) is 9.29. The lowest BCUT2D eigenvalue weighted by molar-refractivity contribution is -0.385. The molecule has 2 aromatic carbocycles. The number of ketones is 1. The summed E-state index contributed by atoms with van der Waals surface area (Å²) in [7, 11) is 1.34. The third-order valence-corrected chi connectivity index (χ3v) is 4.10. The van der Waals surface area contributed by atoms with E-state index >= 15 is 0 Å². The fourth-order valence-electron chi connectivity index (χ4n) is 2.69. The highest BCUT2D eigenvalue weighted by Gasteiger charge is 2.28. The second-order valence-electron chi connectivity index (χ2n) is 6.08. The van der Waals surface area contributed by atoms with Crippen molar-refractivity contribution in [3.05, 3.63) is 57.6 Å². The number of ether oxygens (including phenoxy) is 4. The molecule has 1 atom stereocenters. The van der Waals surface area contributed by atoms with Crippen molar-refractivity contribution >= 4 is 17.4 Å². The van der Waals surface area contributed by atoms with E-state index in [0.717, 1.165) is 6.07 Å². The van der Waals surface area contributed by atoms with Gasteiger partial charge in [0, 0.05) is 11.6 Å². The molecule has 0 aromatic heterocycles. The molecular formula is C21H23NO8. The number of Topliss-reactive ketones (excluding diaryl/α,β-unsaturated/α-hetero) is 1. The summed E-state index contributed by atoms with van der Waals surface area (Å²) < 4.78 is 21.0. The van der Waals surface area contributed by atoms with Crippen LogP contribution in [0.2, 0.25) is 0 Å². The van der Waals surface area contributed by atoms with Crippen LogP contribution in [0.3, 0.4) is 0 Å². The molecule has 0 spiro atoms. The van der Waals surface area contributed by atoms with Crippen LogP contribution in [-0.4, -0.2) is 43.1 Å². The standard InChI is InChI=1S/C21H23NO8/c1-5-28-15-9-7-14(8-10-15)20(23)13(3)30-21(24)16-11-18(27-4)19(29-6-2)12-17(16)22(25)26/h7-13H,5-6H2,1-4H3/t13-/m1/s1. The molecule has 0 amide bonds. The number of nitro groups is 1. The van der Waals surface area contributed by atoms with Crippen molar-refractivity contribution in [3.63, 3.8) is 0 Å². The van der Waals surface area contributed by atoms with Gasteiger partial charge in [-0.05, 0) is 45.0 Å². The van der Waals surface area contributed by atoms with Crippen molar-refractivity contribution in [1.29, 1.82) is 0 Å². The molecule has 0 bridgehead atoms. The number of benzene rings is 2. The van der Waals surface area contributed by atoms with E-state index in [-0.39, 0.29) is 23.7 Å². The van der Waals surface area contributed by atoms with Crippen molar-refractivity contribution in [1.82, 2.24) is 0 Å². The number of methoxy groups -OCH3 is 1. The Balaban J connectivity index is 2.25. The smallest absolute Gasteiger partial charge is 0.346 e. The zero-order chi connectivity index (χ0) is 22.3. The van der Waals surface area contributed by atoms with Gasteiger partial charge >= 0.3 is 5.97 Å². The van der Waals surface area contributed by atoms with Gasteiger partial charge in [-0.1, -0.05) is 0 Å². The van der Waals surface area contributed by atoms with Gasteiger partial charge in [-0.3, -0.25) is 14.9 Å². The second-order valence-corrected chi connectivity index (χ2v) is 6.08. The van der Waals surface area contributed by atoms with Gasteiger partial charge in [0.15, 0.2) is 17.6 Å². The molecule has 0 aliphatic carbocycles. The Hall–Kier alpha value is -3.62. The number of nitro benzene ring substituents is 1.